The molecule has 0 aromatic heterocycles. The predicted octanol–water partition coefficient (Wildman–Crippen LogP) is 6.61. The Bertz CT molecular complexity index is 344. The first-order valence-electron chi connectivity index (χ1n) is 10.7. The summed E-state index contributed by atoms with van der Waals surface area (Å²) >= 11 is 0. The molecule has 0 aliphatic rings. The van der Waals surface area contributed by atoms with E-state index in [0.717, 1.165) is 5.19 Å². The van der Waals surface area contributed by atoms with Crippen LogP contribution in [-0.4, -0.2) is 46.1 Å². The molecule has 0 spiro atoms. The van der Waals surface area contributed by atoms with Crippen LogP contribution in [-0.2, 0) is 26.2 Å². The average Bonchev–Trinajstić information content (AvgIpc) is 2.97. The maximum absolute atomic E-state index is 11.7. The van der Waals surface area contributed by atoms with E-state index in [0.29, 0.717) is 36.3 Å². The average molecular weight is 505 g/mol. The third kappa shape index (κ3) is 43.1. The van der Waals surface area contributed by atoms with Gasteiger partial charge in [0.1, 0.15) is 0 Å². The van der Waals surface area contributed by atoms with Crippen LogP contribution in [0.3, 0.4) is 0 Å². The summed E-state index contributed by atoms with van der Waals surface area (Å²) in [6.45, 7) is 25.2. The molecular formula is C23H48FN3SiZr. The minimum atomic E-state index is -1.37. The second kappa shape index (κ2) is 24.5. The van der Waals surface area contributed by atoms with Crippen LogP contribution in [0.15, 0.2) is 24.3 Å². The molecule has 0 aliphatic carbocycles. The molecule has 29 heavy (non-hydrogen) atoms. The van der Waals surface area contributed by atoms with Crippen molar-refractivity contribution >= 4 is 15.0 Å². The van der Waals surface area contributed by atoms with Gasteiger partial charge in [-0.2, -0.15) is 12.1 Å². The Balaban J connectivity index is -0.000000142. The van der Waals surface area contributed by atoms with Crippen LogP contribution in [0, 0.1) is 0 Å². The number of nitrogens with zero attached hydrogens (tertiary/aromatic N) is 3. The van der Waals surface area contributed by atoms with E-state index in [2.05, 4.69) is 99.0 Å². The van der Waals surface area contributed by atoms with Crippen molar-refractivity contribution in [3.8, 4) is 0 Å². The third-order valence-corrected chi connectivity index (χ3v) is 3.45. The Morgan fingerprint density at radius 3 is 0.828 bits per heavy atom. The zero-order valence-corrected chi connectivity index (χ0v) is 25.1. The van der Waals surface area contributed by atoms with Crippen LogP contribution < -0.4 is 5.19 Å². The summed E-state index contributed by atoms with van der Waals surface area (Å²) < 4.78 is 11.7. The van der Waals surface area contributed by atoms with Gasteiger partial charge < -0.3 is 20.1 Å². The summed E-state index contributed by atoms with van der Waals surface area (Å²) in [6, 6.07) is 10.4. The van der Waals surface area contributed by atoms with Gasteiger partial charge in [-0.05, 0) is 0 Å². The van der Waals surface area contributed by atoms with E-state index in [1.165, 1.54) is 0 Å². The molecule has 1 rings (SSSR count). The van der Waals surface area contributed by atoms with E-state index in [-0.39, 0.29) is 26.2 Å². The number of hydrogen-bond acceptors (Lipinski definition) is 0. The van der Waals surface area contributed by atoms with E-state index >= 15 is 0 Å². The van der Waals surface area contributed by atoms with Crippen molar-refractivity contribution in [3.63, 3.8) is 0 Å². The van der Waals surface area contributed by atoms with Gasteiger partial charge in [0, 0.05) is 0 Å². The Labute approximate surface area is 204 Å². The van der Waals surface area contributed by atoms with Crippen molar-refractivity contribution in [1.29, 1.82) is 0 Å². The molecule has 1 aromatic carbocycles. The molecule has 170 valence electrons. The van der Waals surface area contributed by atoms with Crippen molar-refractivity contribution in [2.24, 2.45) is 0 Å². The number of rotatable bonds is 7. The van der Waals surface area contributed by atoms with Gasteiger partial charge in [0.25, 0.3) is 0 Å². The summed E-state index contributed by atoms with van der Waals surface area (Å²) in [4.78, 5) is 0. The maximum atomic E-state index is 11.7. The fraction of sp³-hybridized carbons (Fsp3) is 0.783. The second-order valence-corrected chi connectivity index (χ2v) is 9.52. The molecule has 0 unspecified atom stereocenters. The van der Waals surface area contributed by atoms with Gasteiger partial charge in [0.2, 0.25) is 0 Å². The quantitative estimate of drug-likeness (QED) is 0.228. The van der Waals surface area contributed by atoms with Gasteiger partial charge in [0.15, 0.2) is 9.85 Å². The predicted molar refractivity (Wildman–Crippen MR) is 132 cm³/mol. The number of hydrogen-bond donors (Lipinski definition) is 0. The molecular weight excluding hydrogens is 457 g/mol. The van der Waals surface area contributed by atoms with Gasteiger partial charge in [-0.25, -0.2) is 12.1 Å². The summed E-state index contributed by atoms with van der Waals surface area (Å²) in [5, 5.41) is 13.7. The molecule has 0 bridgehead atoms. The fourth-order valence-corrected chi connectivity index (χ4v) is 2.74. The molecule has 0 N–H and O–H groups in total. The van der Waals surface area contributed by atoms with Gasteiger partial charge in [0.05, 0.1) is 0 Å². The Morgan fingerprint density at radius 2 is 0.759 bits per heavy atom. The van der Waals surface area contributed by atoms with Gasteiger partial charge in [-0.15, -0.1) is 41.4 Å². The smallest absolute Gasteiger partial charge is 0.658 e. The van der Waals surface area contributed by atoms with Gasteiger partial charge >= 0.3 is 26.2 Å². The van der Waals surface area contributed by atoms with Crippen LogP contribution in [0.4, 0.5) is 4.11 Å². The Hall–Kier alpha value is 0.260. The Morgan fingerprint density at radius 1 is 0.552 bits per heavy atom. The second-order valence-electron chi connectivity index (χ2n) is 8.44. The normalized spacial score (nSPS) is 10.7. The summed E-state index contributed by atoms with van der Waals surface area (Å²) in [5.74, 6) is 0. The molecule has 0 heterocycles. The van der Waals surface area contributed by atoms with Crippen molar-refractivity contribution in [2.45, 2.75) is 119 Å². The van der Waals surface area contributed by atoms with Crippen LogP contribution in [0.1, 0.15) is 83.1 Å². The molecule has 6 heteroatoms. The minimum absolute atomic E-state index is 0. The zero-order valence-electron chi connectivity index (χ0n) is 21.2. The molecule has 0 aliphatic heterocycles. The SMILES string of the molecule is CC(C)[N-]C(C)C.CC(C)[N-]C(C)C.CC(C)[N-]C(C)C.F[SiH2][c-]1cccc1.[Zr+4]. The summed E-state index contributed by atoms with van der Waals surface area (Å²) in [5.41, 5.74) is 0. The van der Waals surface area contributed by atoms with Crippen molar-refractivity contribution < 1.29 is 30.3 Å². The largest absolute Gasteiger partial charge is 4.00 e. The van der Waals surface area contributed by atoms with Gasteiger partial charge in [-0.3, -0.25) is 0 Å². The van der Waals surface area contributed by atoms with E-state index in [9.17, 15) is 4.11 Å². The molecule has 0 amide bonds. The molecule has 0 fully saturated rings. The van der Waals surface area contributed by atoms with Crippen LogP contribution in [0.2, 0.25) is 0 Å². The third-order valence-electron chi connectivity index (χ3n) is 2.67. The van der Waals surface area contributed by atoms with E-state index in [1.807, 2.05) is 24.3 Å². The van der Waals surface area contributed by atoms with Crippen molar-refractivity contribution in [1.82, 2.24) is 0 Å². The molecule has 0 saturated heterocycles. The monoisotopic (exact) mass is 503 g/mol. The zero-order chi connectivity index (χ0) is 22.7. The van der Waals surface area contributed by atoms with Crippen molar-refractivity contribution in [2.75, 3.05) is 0 Å². The van der Waals surface area contributed by atoms with Crippen LogP contribution in [0.5, 0.6) is 0 Å². The first kappa shape index (κ1) is 36.6. The molecule has 0 radical (unpaired) electrons. The van der Waals surface area contributed by atoms with E-state index in [4.69, 9.17) is 0 Å². The van der Waals surface area contributed by atoms with Crippen LogP contribution >= 0.6 is 0 Å². The summed E-state index contributed by atoms with van der Waals surface area (Å²) in [7, 11) is -1.37. The van der Waals surface area contributed by atoms with E-state index in [1.54, 1.807) is 0 Å². The topological polar surface area (TPSA) is 42.3 Å². The van der Waals surface area contributed by atoms with Crippen LogP contribution in [0.25, 0.3) is 16.0 Å². The Kier molecular flexibility index (Phi) is 31.0. The molecule has 0 saturated carbocycles. The molecule has 1 aromatic rings. The first-order chi connectivity index (χ1) is 12.8. The van der Waals surface area contributed by atoms with E-state index < -0.39 is 9.85 Å². The fourth-order valence-electron chi connectivity index (χ4n) is 2.29. The number of halogens is 1. The standard InChI is InChI=1S/3C6H14N.C5H6FSi.Zr/c3*1-5(2)7-6(3)4;6-7-5-3-1-2-4-5;/h3*5-6H,1-4H3;1-4H,7H2;/q4*-1;+4. The summed E-state index contributed by atoms with van der Waals surface area (Å²) in [6.07, 6.45) is 0. The molecule has 3 nitrogen and oxygen atoms in total. The first-order valence-corrected chi connectivity index (χ1v) is 11.9. The minimum Gasteiger partial charge on any atom is -0.658 e. The van der Waals surface area contributed by atoms with Gasteiger partial charge in [-0.1, -0.05) is 83.1 Å². The molecule has 0 atom stereocenters. The maximum Gasteiger partial charge on any atom is 4.00 e. The van der Waals surface area contributed by atoms with Crippen molar-refractivity contribution in [3.05, 3.63) is 40.2 Å².